The van der Waals surface area contributed by atoms with Crippen LogP contribution in [0.1, 0.15) is 37.8 Å². The fourth-order valence-corrected chi connectivity index (χ4v) is 3.78. The zero-order valence-electron chi connectivity index (χ0n) is 18.3. The summed E-state index contributed by atoms with van der Waals surface area (Å²) in [5.74, 6) is 2.49. The van der Waals surface area contributed by atoms with Crippen LogP contribution >= 0.6 is 11.8 Å². The largest absolute Gasteiger partial charge is 0.497 e. The second kappa shape index (κ2) is 12.3. The number of methoxy groups -OCH3 is 1. The van der Waals surface area contributed by atoms with Gasteiger partial charge in [-0.05, 0) is 47.6 Å². The molecule has 0 saturated heterocycles. The lowest BCUT2D eigenvalue weighted by Crippen LogP contribution is -2.48. The van der Waals surface area contributed by atoms with Crippen LogP contribution in [-0.2, 0) is 21.8 Å². The monoisotopic (exact) mass is 428 g/mol. The normalized spacial score (nSPS) is 11.6. The summed E-state index contributed by atoms with van der Waals surface area (Å²) in [4.78, 5) is 27.2. The van der Waals surface area contributed by atoms with Gasteiger partial charge in [0.2, 0.25) is 11.8 Å². The van der Waals surface area contributed by atoms with E-state index >= 15 is 0 Å². The number of anilines is 1. The molecule has 2 aromatic rings. The molecule has 2 rings (SSSR count). The summed E-state index contributed by atoms with van der Waals surface area (Å²) in [5, 5.41) is 2.94. The second-order valence-corrected chi connectivity index (χ2v) is 8.40. The number of carbonyl (C=O) groups excluding carboxylic acids is 2. The molecular formula is C24H32N2O3S. The predicted molar refractivity (Wildman–Crippen MR) is 125 cm³/mol. The number of benzene rings is 2. The van der Waals surface area contributed by atoms with Gasteiger partial charge in [0, 0.05) is 31.3 Å². The van der Waals surface area contributed by atoms with Gasteiger partial charge in [-0.3, -0.25) is 9.59 Å². The first-order valence-electron chi connectivity index (χ1n) is 10.3. The third kappa shape index (κ3) is 7.10. The molecule has 0 aliphatic carbocycles. The van der Waals surface area contributed by atoms with Gasteiger partial charge in [-0.1, -0.05) is 38.1 Å². The van der Waals surface area contributed by atoms with Crippen molar-refractivity contribution in [2.75, 3.05) is 24.8 Å². The molecule has 0 saturated carbocycles. The van der Waals surface area contributed by atoms with Gasteiger partial charge >= 0.3 is 0 Å². The Morgan fingerprint density at radius 1 is 1.10 bits per heavy atom. The Morgan fingerprint density at radius 3 is 2.43 bits per heavy atom. The molecule has 162 valence electrons. The summed E-state index contributed by atoms with van der Waals surface area (Å²) in [6.45, 7) is 4.09. The molecule has 0 fully saturated rings. The van der Waals surface area contributed by atoms with Gasteiger partial charge in [-0.25, -0.2) is 0 Å². The summed E-state index contributed by atoms with van der Waals surface area (Å²) in [7, 11) is 3.34. The highest BCUT2D eigenvalue weighted by Crippen LogP contribution is 2.20. The molecule has 2 aromatic carbocycles. The number of hydrogen-bond acceptors (Lipinski definition) is 4. The summed E-state index contributed by atoms with van der Waals surface area (Å²) in [5.41, 5.74) is 3.03. The molecule has 6 heteroatoms. The molecule has 0 radical (unpaired) electrons. The number of nitrogens with one attached hydrogen (secondary N) is 1. The second-order valence-electron chi connectivity index (χ2n) is 7.13. The van der Waals surface area contributed by atoms with Crippen molar-refractivity contribution >= 4 is 29.3 Å². The third-order valence-electron chi connectivity index (χ3n) is 4.80. The Bertz CT molecular complexity index is 823. The number of rotatable bonds is 11. The van der Waals surface area contributed by atoms with Crippen LogP contribution in [0.2, 0.25) is 0 Å². The molecule has 30 heavy (non-hydrogen) atoms. The van der Waals surface area contributed by atoms with Gasteiger partial charge < -0.3 is 15.0 Å². The van der Waals surface area contributed by atoms with Gasteiger partial charge in [0.1, 0.15) is 11.8 Å². The van der Waals surface area contributed by atoms with E-state index in [4.69, 9.17) is 4.74 Å². The highest BCUT2D eigenvalue weighted by atomic mass is 32.2. The van der Waals surface area contributed by atoms with Gasteiger partial charge in [0.05, 0.1) is 7.11 Å². The Morgan fingerprint density at radius 2 is 1.80 bits per heavy atom. The molecule has 0 aromatic heterocycles. The summed E-state index contributed by atoms with van der Waals surface area (Å²) in [6, 6.07) is 14.9. The number of likely N-dealkylation sites (N-methyl/N-ethyl adjacent to an activating group) is 1. The number of amides is 2. The van der Waals surface area contributed by atoms with Crippen molar-refractivity contribution in [3.8, 4) is 5.75 Å². The van der Waals surface area contributed by atoms with Crippen molar-refractivity contribution in [2.24, 2.45) is 0 Å². The minimum Gasteiger partial charge on any atom is -0.497 e. The predicted octanol–water partition coefficient (Wildman–Crippen LogP) is 4.44. The SMILES string of the molecule is CCCC(=O)N[C@@H](Cc1cccc(CSCC)c1)C(=O)N(C)c1ccc(OC)cc1. The van der Waals surface area contributed by atoms with Crippen LogP contribution in [0.3, 0.4) is 0 Å². The van der Waals surface area contributed by atoms with E-state index in [1.165, 1.54) is 5.56 Å². The van der Waals surface area contributed by atoms with Gasteiger partial charge in [0.15, 0.2) is 0 Å². The van der Waals surface area contributed by atoms with Crippen LogP contribution < -0.4 is 15.0 Å². The first-order chi connectivity index (χ1) is 14.5. The first-order valence-corrected chi connectivity index (χ1v) is 11.5. The maximum absolute atomic E-state index is 13.3. The van der Waals surface area contributed by atoms with E-state index < -0.39 is 6.04 Å². The Labute approximate surface area is 184 Å². The smallest absolute Gasteiger partial charge is 0.249 e. The van der Waals surface area contributed by atoms with Crippen molar-refractivity contribution in [3.63, 3.8) is 0 Å². The topological polar surface area (TPSA) is 58.6 Å². The first kappa shape index (κ1) is 23.8. The summed E-state index contributed by atoms with van der Waals surface area (Å²) < 4.78 is 5.19. The minimum atomic E-state index is -0.620. The van der Waals surface area contributed by atoms with E-state index in [0.29, 0.717) is 12.8 Å². The van der Waals surface area contributed by atoms with E-state index in [0.717, 1.165) is 34.9 Å². The zero-order chi connectivity index (χ0) is 21.9. The maximum Gasteiger partial charge on any atom is 0.249 e. The molecule has 1 N–H and O–H groups in total. The van der Waals surface area contributed by atoms with Crippen LogP contribution in [0.5, 0.6) is 5.75 Å². The van der Waals surface area contributed by atoms with E-state index in [1.807, 2.05) is 55.1 Å². The summed E-state index contributed by atoms with van der Waals surface area (Å²) in [6.07, 6.45) is 1.60. The molecule has 0 bridgehead atoms. The fraction of sp³-hybridized carbons (Fsp3) is 0.417. The highest BCUT2D eigenvalue weighted by molar-refractivity contribution is 7.98. The van der Waals surface area contributed by atoms with Gasteiger partial charge in [-0.2, -0.15) is 11.8 Å². The van der Waals surface area contributed by atoms with Crippen LogP contribution in [0.15, 0.2) is 48.5 Å². The van der Waals surface area contributed by atoms with E-state index in [9.17, 15) is 9.59 Å². The molecular weight excluding hydrogens is 396 g/mol. The van der Waals surface area contributed by atoms with Crippen LogP contribution in [-0.4, -0.2) is 37.8 Å². The number of nitrogens with zero attached hydrogens (tertiary/aromatic N) is 1. The van der Waals surface area contributed by atoms with E-state index in [2.05, 4.69) is 24.4 Å². The molecule has 2 amide bonds. The zero-order valence-corrected chi connectivity index (χ0v) is 19.1. The lowest BCUT2D eigenvalue weighted by molar-refractivity contribution is -0.127. The lowest BCUT2D eigenvalue weighted by atomic mass is 10.0. The average Bonchev–Trinajstić information content (AvgIpc) is 2.76. The van der Waals surface area contributed by atoms with Crippen molar-refractivity contribution in [1.82, 2.24) is 5.32 Å². The standard InChI is InChI=1S/C24H32N2O3S/c1-5-8-23(27)25-22(16-18-9-7-10-19(15-18)17-30-6-2)24(28)26(3)20-11-13-21(29-4)14-12-20/h7,9-15,22H,5-6,8,16-17H2,1-4H3,(H,25,27)/t22-/m0/s1. The maximum atomic E-state index is 13.3. The van der Waals surface area contributed by atoms with Crippen molar-refractivity contribution < 1.29 is 14.3 Å². The van der Waals surface area contributed by atoms with Crippen molar-refractivity contribution in [1.29, 1.82) is 0 Å². The molecule has 0 aliphatic heterocycles. The van der Waals surface area contributed by atoms with Crippen molar-refractivity contribution in [3.05, 3.63) is 59.7 Å². The van der Waals surface area contributed by atoms with Gasteiger partial charge in [-0.15, -0.1) is 0 Å². The Hall–Kier alpha value is -2.47. The number of ether oxygens (including phenoxy) is 1. The third-order valence-corrected chi connectivity index (χ3v) is 5.75. The molecule has 5 nitrogen and oxygen atoms in total. The van der Waals surface area contributed by atoms with Crippen LogP contribution in [0, 0.1) is 0 Å². The molecule has 0 unspecified atom stereocenters. The van der Waals surface area contributed by atoms with E-state index in [1.54, 1.807) is 19.1 Å². The molecule has 0 spiro atoms. The van der Waals surface area contributed by atoms with Crippen LogP contribution in [0.25, 0.3) is 0 Å². The minimum absolute atomic E-state index is 0.100. The fourth-order valence-electron chi connectivity index (χ4n) is 3.16. The lowest BCUT2D eigenvalue weighted by Gasteiger charge is -2.25. The molecule has 0 aliphatic rings. The quantitative estimate of drug-likeness (QED) is 0.575. The Kier molecular flexibility index (Phi) is 9.74. The number of thioether (sulfide) groups is 1. The van der Waals surface area contributed by atoms with Crippen molar-refractivity contribution in [2.45, 2.75) is 44.9 Å². The summed E-state index contributed by atoms with van der Waals surface area (Å²) >= 11 is 1.86. The number of hydrogen-bond donors (Lipinski definition) is 1. The van der Waals surface area contributed by atoms with E-state index in [-0.39, 0.29) is 11.8 Å². The molecule has 1 atom stereocenters. The molecule has 0 heterocycles. The number of carbonyl (C=O) groups is 2. The average molecular weight is 429 g/mol. The highest BCUT2D eigenvalue weighted by Gasteiger charge is 2.25. The Balaban J connectivity index is 2.20. The van der Waals surface area contributed by atoms with Gasteiger partial charge in [0.25, 0.3) is 0 Å². The van der Waals surface area contributed by atoms with Crippen LogP contribution in [0.4, 0.5) is 5.69 Å².